The van der Waals surface area contributed by atoms with Gasteiger partial charge in [-0.15, -0.1) is 0 Å². The van der Waals surface area contributed by atoms with E-state index in [4.69, 9.17) is 11.6 Å². The van der Waals surface area contributed by atoms with E-state index in [0.717, 1.165) is 22.0 Å². The van der Waals surface area contributed by atoms with E-state index < -0.39 is 29.6 Å². The smallest absolute Gasteiger partial charge is 0.326 e. The maximum absolute atomic E-state index is 12.9. The quantitative estimate of drug-likeness (QED) is 0.465. The molecule has 3 aromatic rings. The zero-order valence-electron chi connectivity index (χ0n) is 17.7. The van der Waals surface area contributed by atoms with Crippen LogP contribution in [0.5, 0.6) is 0 Å². The van der Waals surface area contributed by atoms with Gasteiger partial charge in [0.05, 0.1) is 5.60 Å². The highest BCUT2D eigenvalue weighted by Gasteiger charge is 2.37. The molecule has 32 heavy (non-hydrogen) atoms. The number of hydrogen-bond donors (Lipinski definition) is 4. The summed E-state index contributed by atoms with van der Waals surface area (Å²) < 4.78 is 0. The first-order valence-electron chi connectivity index (χ1n) is 10.6. The van der Waals surface area contributed by atoms with Crippen molar-refractivity contribution in [2.75, 3.05) is 13.1 Å². The maximum Gasteiger partial charge on any atom is 0.326 e. The normalized spacial score (nSPS) is 17.7. The van der Waals surface area contributed by atoms with Gasteiger partial charge < -0.3 is 25.4 Å². The second-order valence-corrected chi connectivity index (χ2v) is 8.81. The number of piperidine rings is 1. The summed E-state index contributed by atoms with van der Waals surface area (Å²) in [4.78, 5) is 29.6. The molecule has 0 radical (unpaired) electrons. The van der Waals surface area contributed by atoms with Crippen molar-refractivity contribution in [2.24, 2.45) is 0 Å². The fraction of sp³-hybridized carbons (Fsp3) is 0.333. The van der Waals surface area contributed by atoms with Crippen LogP contribution in [0.3, 0.4) is 0 Å². The summed E-state index contributed by atoms with van der Waals surface area (Å²) in [5.74, 6) is -1.53. The number of carbonyl (C=O) groups excluding carboxylic acids is 1. The maximum atomic E-state index is 12.9. The van der Waals surface area contributed by atoms with E-state index in [1.54, 1.807) is 42.3 Å². The third-order valence-corrected chi connectivity index (χ3v) is 6.67. The molecule has 0 saturated carbocycles. The zero-order valence-corrected chi connectivity index (χ0v) is 18.5. The molecular weight excluding hydrogens is 430 g/mol. The number of aliphatic carboxylic acids is 1. The number of aromatic amines is 1. The third kappa shape index (κ3) is 4.31. The molecule has 4 rings (SSSR count). The van der Waals surface area contributed by atoms with Crippen LogP contribution in [0.15, 0.2) is 54.7 Å². The Hall–Kier alpha value is -3.03. The van der Waals surface area contributed by atoms with Crippen LogP contribution in [0, 0.1) is 0 Å². The molecule has 1 aromatic heterocycles. The number of H-pyrrole nitrogens is 1. The van der Waals surface area contributed by atoms with Gasteiger partial charge in [0.2, 0.25) is 0 Å². The second kappa shape index (κ2) is 8.84. The molecule has 2 amide bonds. The number of para-hydroxylation sites is 1. The Kier molecular flexibility index (Phi) is 6.13. The lowest BCUT2D eigenvalue weighted by Crippen LogP contribution is -2.53. The summed E-state index contributed by atoms with van der Waals surface area (Å²) in [7, 11) is 0. The number of aromatic nitrogens is 1. The number of nitrogens with zero attached hydrogens (tertiary/aromatic N) is 1. The predicted octanol–water partition coefficient (Wildman–Crippen LogP) is 4.07. The van der Waals surface area contributed by atoms with Gasteiger partial charge in [0.1, 0.15) is 6.04 Å². The van der Waals surface area contributed by atoms with Gasteiger partial charge in [-0.2, -0.15) is 0 Å². The van der Waals surface area contributed by atoms with E-state index >= 15 is 0 Å². The minimum atomic E-state index is -1.09. The van der Waals surface area contributed by atoms with Crippen LogP contribution in [-0.2, 0) is 10.4 Å². The third-order valence-electron chi connectivity index (χ3n) is 6.42. The molecular formula is C24H26ClN3O4. The van der Waals surface area contributed by atoms with Crippen molar-refractivity contribution in [1.29, 1.82) is 0 Å². The topological polar surface area (TPSA) is 106 Å². The fourth-order valence-electron chi connectivity index (χ4n) is 4.40. The van der Waals surface area contributed by atoms with Crippen molar-refractivity contribution in [1.82, 2.24) is 15.2 Å². The number of aliphatic hydroxyl groups is 1. The molecule has 2 atom stereocenters. The highest BCUT2D eigenvalue weighted by Crippen LogP contribution is 2.34. The van der Waals surface area contributed by atoms with Crippen LogP contribution in [0.2, 0.25) is 5.02 Å². The molecule has 2 aromatic carbocycles. The molecule has 7 nitrogen and oxygen atoms in total. The molecule has 4 N–H and O–H groups in total. The molecule has 1 aliphatic rings. The Labute approximate surface area is 191 Å². The van der Waals surface area contributed by atoms with Crippen molar-refractivity contribution in [3.05, 3.63) is 70.9 Å². The predicted molar refractivity (Wildman–Crippen MR) is 123 cm³/mol. The zero-order chi connectivity index (χ0) is 22.9. The Morgan fingerprint density at radius 1 is 1.12 bits per heavy atom. The van der Waals surface area contributed by atoms with E-state index in [1.165, 1.54) is 0 Å². The van der Waals surface area contributed by atoms with Crippen molar-refractivity contribution >= 4 is 34.5 Å². The van der Waals surface area contributed by atoms with Crippen molar-refractivity contribution < 1.29 is 19.8 Å². The highest BCUT2D eigenvalue weighted by atomic mass is 35.5. The summed E-state index contributed by atoms with van der Waals surface area (Å²) in [5, 5.41) is 25.1. The summed E-state index contributed by atoms with van der Waals surface area (Å²) in [6, 6.07) is 13.2. The van der Waals surface area contributed by atoms with Gasteiger partial charge >= 0.3 is 12.0 Å². The number of amides is 2. The summed E-state index contributed by atoms with van der Waals surface area (Å²) in [6.07, 6.45) is 2.51. The highest BCUT2D eigenvalue weighted by molar-refractivity contribution is 6.30. The Bertz CT molecular complexity index is 1120. The lowest BCUT2D eigenvalue weighted by atomic mass is 9.84. The van der Waals surface area contributed by atoms with E-state index in [2.05, 4.69) is 10.3 Å². The molecule has 8 heteroatoms. The van der Waals surface area contributed by atoms with Crippen molar-refractivity contribution in [3.63, 3.8) is 0 Å². The van der Waals surface area contributed by atoms with E-state index in [1.807, 2.05) is 24.3 Å². The number of likely N-dealkylation sites (tertiary alicyclic amines) is 1. The number of carbonyl (C=O) groups is 2. The number of carboxylic acids is 1. The van der Waals surface area contributed by atoms with Crippen LogP contribution in [-0.4, -0.2) is 51.2 Å². The molecule has 0 unspecified atom stereocenters. The van der Waals surface area contributed by atoms with Crippen LogP contribution in [0.1, 0.15) is 36.8 Å². The number of fused-ring (bicyclic) bond motifs is 1. The fourth-order valence-corrected chi connectivity index (χ4v) is 4.53. The number of nitrogens with one attached hydrogen (secondary N) is 2. The van der Waals surface area contributed by atoms with E-state index in [-0.39, 0.29) is 0 Å². The monoisotopic (exact) mass is 455 g/mol. The van der Waals surface area contributed by atoms with Crippen LogP contribution in [0.4, 0.5) is 4.79 Å². The molecule has 1 saturated heterocycles. The number of hydrogen-bond acceptors (Lipinski definition) is 3. The molecule has 0 bridgehead atoms. The van der Waals surface area contributed by atoms with E-state index in [0.29, 0.717) is 31.0 Å². The summed E-state index contributed by atoms with van der Waals surface area (Å²) in [6.45, 7) is 2.43. The first kappa shape index (κ1) is 22.2. The van der Waals surface area contributed by atoms with E-state index in [9.17, 15) is 19.8 Å². The number of benzene rings is 2. The molecule has 1 fully saturated rings. The van der Waals surface area contributed by atoms with Gasteiger partial charge in [-0.05, 0) is 42.2 Å². The largest absolute Gasteiger partial charge is 0.480 e. The second-order valence-electron chi connectivity index (χ2n) is 8.37. The average molecular weight is 456 g/mol. The van der Waals surface area contributed by atoms with Gasteiger partial charge in [0.15, 0.2) is 0 Å². The van der Waals surface area contributed by atoms with Crippen molar-refractivity contribution in [3.8, 4) is 0 Å². The minimum Gasteiger partial charge on any atom is -0.480 e. The number of rotatable bonds is 5. The minimum absolute atomic E-state index is 0.318. The number of halogens is 1. The van der Waals surface area contributed by atoms with Gasteiger partial charge in [-0.25, -0.2) is 9.59 Å². The van der Waals surface area contributed by atoms with Crippen LogP contribution < -0.4 is 5.32 Å². The van der Waals surface area contributed by atoms with Gasteiger partial charge in [0, 0.05) is 41.1 Å². The molecule has 0 spiro atoms. The van der Waals surface area contributed by atoms with Gasteiger partial charge in [-0.1, -0.05) is 48.9 Å². The Balaban J connectivity index is 1.44. The van der Waals surface area contributed by atoms with Crippen LogP contribution in [0.25, 0.3) is 10.9 Å². The number of carboxylic acid groups (broad SMARTS) is 1. The van der Waals surface area contributed by atoms with Gasteiger partial charge in [0.25, 0.3) is 0 Å². The molecule has 0 aliphatic carbocycles. The Morgan fingerprint density at radius 3 is 2.44 bits per heavy atom. The first-order valence-corrected chi connectivity index (χ1v) is 11.0. The molecule has 1 aliphatic heterocycles. The number of urea groups is 1. The molecule has 2 heterocycles. The Morgan fingerprint density at radius 2 is 1.78 bits per heavy atom. The van der Waals surface area contributed by atoms with Crippen molar-refractivity contribution in [2.45, 2.75) is 37.3 Å². The van der Waals surface area contributed by atoms with Crippen LogP contribution >= 0.6 is 11.6 Å². The lowest BCUT2D eigenvalue weighted by molar-refractivity contribution is -0.139. The molecule has 168 valence electrons. The lowest BCUT2D eigenvalue weighted by Gasteiger charge is -2.39. The average Bonchev–Trinajstić information content (AvgIpc) is 3.22. The summed E-state index contributed by atoms with van der Waals surface area (Å²) >= 11 is 5.94. The SMILES string of the molecule is C[C@@H](c1c[nH]c2ccccc12)[C@@H](NC(=O)N1CCC(O)(c2ccc(Cl)cc2)CC1)C(=O)O. The van der Waals surface area contributed by atoms with Gasteiger partial charge in [-0.3, -0.25) is 0 Å². The summed E-state index contributed by atoms with van der Waals surface area (Å²) in [5.41, 5.74) is 1.48. The standard InChI is InChI=1S/C24H26ClN3O4/c1-15(19-14-26-20-5-3-2-4-18(19)20)21(22(29)30)27-23(31)28-12-10-24(32,11-13-28)16-6-8-17(25)9-7-16/h2-9,14-15,21,26,32H,10-13H2,1H3,(H,27,31)(H,29,30)/t15-,21+/m0/s1. The first-order chi connectivity index (χ1) is 15.3.